The van der Waals surface area contributed by atoms with Crippen molar-refractivity contribution in [3.63, 3.8) is 0 Å². The Kier molecular flexibility index (Phi) is 1.35. The van der Waals surface area contributed by atoms with Gasteiger partial charge in [-0.2, -0.15) is 5.26 Å². The molecule has 2 unspecified atom stereocenters. The van der Waals surface area contributed by atoms with E-state index in [-0.39, 0.29) is 0 Å². The quantitative estimate of drug-likeness (QED) is 0.635. The van der Waals surface area contributed by atoms with Crippen molar-refractivity contribution in [2.45, 2.75) is 33.1 Å². The second kappa shape index (κ2) is 2.23. The van der Waals surface area contributed by atoms with Gasteiger partial charge in [-0.1, -0.05) is 13.8 Å². The highest BCUT2D eigenvalue weighted by Gasteiger charge is 2.63. The first kappa shape index (κ1) is 8.49. The van der Waals surface area contributed by atoms with Gasteiger partial charge < -0.3 is 0 Å². The fourth-order valence-corrected chi connectivity index (χ4v) is 4.25. The van der Waals surface area contributed by atoms with E-state index in [0.29, 0.717) is 5.41 Å². The van der Waals surface area contributed by atoms with E-state index in [1.807, 2.05) is 0 Å². The number of nitriles is 1. The molecule has 0 radical (unpaired) electrons. The number of hydrogen-bond acceptors (Lipinski definition) is 2. The maximum Gasteiger partial charge on any atom is 0.110 e. The molecular formula is C12H13NS. The predicted molar refractivity (Wildman–Crippen MR) is 57.5 cm³/mol. The average molecular weight is 203 g/mol. The fourth-order valence-electron chi connectivity index (χ4n) is 3.22. The lowest BCUT2D eigenvalue weighted by molar-refractivity contribution is 0.541. The van der Waals surface area contributed by atoms with Gasteiger partial charge in [-0.05, 0) is 41.7 Å². The molecule has 2 aliphatic rings. The van der Waals surface area contributed by atoms with Gasteiger partial charge in [0.25, 0.3) is 0 Å². The number of nitrogens with zero attached hydrogens (tertiary/aromatic N) is 1. The van der Waals surface area contributed by atoms with Crippen LogP contribution in [0.4, 0.5) is 0 Å². The van der Waals surface area contributed by atoms with Crippen molar-refractivity contribution in [1.29, 1.82) is 5.26 Å². The van der Waals surface area contributed by atoms with Crippen LogP contribution in [0.2, 0.25) is 0 Å². The first-order chi connectivity index (χ1) is 6.57. The number of thiophene rings is 1. The standard InChI is InChI=1S/C12H13NS/c1-6-10-7(9(5-13)14-6)4-8-11(10)12(8,2)3/h8,11H,4H2,1-3H3. The third kappa shape index (κ3) is 0.757. The molecule has 0 spiro atoms. The van der Waals surface area contributed by atoms with Crippen LogP contribution in [0.15, 0.2) is 0 Å². The van der Waals surface area contributed by atoms with Crippen molar-refractivity contribution in [1.82, 2.24) is 0 Å². The van der Waals surface area contributed by atoms with Gasteiger partial charge in [-0.15, -0.1) is 11.3 Å². The molecule has 0 amide bonds. The minimum atomic E-state index is 0.506. The Bertz CT molecular complexity index is 461. The first-order valence-corrected chi connectivity index (χ1v) is 5.91. The number of aryl methyl sites for hydroxylation is 1. The molecule has 2 atom stereocenters. The molecule has 1 heterocycles. The summed E-state index contributed by atoms with van der Waals surface area (Å²) in [5.41, 5.74) is 3.41. The molecule has 2 aliphatic carbocycles. The Hall–Kier alpha value is -0.810. The largest absolute Gasteiger partial charge is 0.192 e. The first-order valence-electron chi connectivity index (χ1n) is 5.09. The molecule has 0 N–H and O–H groups in total. The van der Waals surface area contributed by atoms with E-state index < -0.39 is 0 Å². The van der Waals surface area contributed by atoms with Gasteiger partial charge >= 0.3 is 0 Å². The fraction of sp³-hybridized carbons (Fsp3) is 0.583. The zero-order valence-electron chi connectivity index (χ0n) is 8.72. The number of hydrogen-bond donors (Lipinski definition) is 0. The molecule has 72 valence electrons. The zero-order valence-corrected chi connectivity index (χ0v) is 9.53. The third-order valence-corrected chi connectivity index (χ3v) is 5.19. The highest BCUT2D eigenvalue weighted by atomic mass is 32.1. The van der Waals surface area contributed by atoms with E-state index in [9.17, 15) is 0 Å². The highest BCUT2D eigenvalue weighted by Crippen LogP contribution is 2.71. The molecule has 0 saturated heterocycles. The Labute approximate surface area is 88.4 Å². The van der Waals surface area contributed by atoms with Crippen molar-refractivity contribution in [3.05, 3.63) is 20.9 Å². The third-order valence-electron chi connectivity index (χ3n) is 4.12. The monoisotopic (exact) mass is 203 g/mol. The summed E-state index contributed by atoms with van der Waals surface area (Å²) in [6.07, 6.45) is 1.15. The van der Waals surface area contributed by atoms with Gasteiger partial charge in [0.1, 0.15) is 10.9 Å². The van der Waals surface area contributed by atoms with Crippen molar-refractivity contribution in [2.75, 3.05) is 0 Å². The van der Waals surface area contributed by atoms with Gasteiger partial charge in [-0.3, -0.25) is 0 Å². The van der Waals surface area contributed by atoms with E-state index in [1.54, 1.807) is 11.3 Å². The van der Waals surface area contributed by atoms with Crippen molar-refractivity contribution >= 4 is 11.3 Å². The summed E-state index contributed by atoms with van der Waals surface area (Å²) in [5, 5.41) is 9.01. The molecule has 1 nitrogen and oxygen atoms in total. The topological polar surface area (TPSA) is 23.8 Å². The van der Waals surface area contributed by atoms with Crippen LogP contribution in [-0.2, 0) is 6.42 Å². The van der Waals surface area contributed by atoms with Crippen LogP contribution >= 0.6 is 11.3 Å². The molecule has 1 fully saturated rings. The molecule has 2 heteroatoms. The number of fused-ring (bicyclic) bond motifs is 3. The Balaban J connectivity index is 2.17. The van der Waals surface area contributed by atoms with Gasteiger partial charge in [-0.25, -0.2) is 0 Å². The Morgan fingerprint density at radius 1 is 1.50 bits per heavy atom. The summed E-state index contributed by atoms with van der Waals surface area (Å²) >= 11 is 1.69. The highest BCUT2D eigenvalue weighted by molar-refractivity contribution is 7.12. The van der Waals surface area contributed by atoms with Crippen LogP contribution < -0.4 is 0 Å². The van der Waals surface area contributed by atoms with Crippen LogP contribution in [0.5, 0.6) is 0 Å². The van der Waals surface area contributed by atoms with E-state index >= 15 is 0 Å². The van der Waals surface area contributed by atoms with E-state index in [2.05, 4.69) is 26.8 Å². The summed E-state index contributed by atoms with van der Waals surface area (Å²) in [6, 6.07) is 2.34. The van der Waals surface area contributed by atoms with Crippen LogP contribution in [-0.4, -0.2) is 0 Å². The molecule has 1 aromatic heterocycles. The van der Waals surface area contributed by atoms with Crippen LogP contribution in [0.25, 0.3) is 0 Å². The molecule has 1 saturated carbocycles. The van der Waals surface area contributed by atoms with Crippen LogP contribution in [0.3, 0.4) is 0 Å². The average Bonchev–Trinajstić information content (AvgIpc) is 2.56. The smallest absolute Gasteiger partial charge is 0.110 e. The lowest BCUT2D eigenvalue weighted by Crippen LogP contribution is -1.99. The Morgan fingerprint density at radius 2 is 2.21 bits per heavy atom. The molecule has 0 aliphatic heterocycles. The molecule has 0 aromatic carbocycles. The minimum Gasteiger partial charge on any atom is -0.192 e. The summed E-state index contributed by atoms with van der Waals surface area (Å²) in [4.78, 5) is 2.36. The van der Waals surface area contributed by atoms with Gasteiger partial charge in [0.15, 0.2) is 0 Å². The van der Waals surface area contributed by atoms with E-state index in [0.717, 1.165) is 23.1 Å². The maximum atomic E-state index is 9.01. The van der Waals surface area contributed by atoms with Crippen molar-refractivity contribution in [3.8, 4) is 6.07 Å². The normalized spacial score (nSPS) is 30.7. The lowest BCUT2D eigenvalue weighted by atomic mass is 9.95. The van der Waals surface area contributed by atoms with Gasteiger partial charge in [0.05, 0.1) is 0 Å². The SMILES string of the molecule is Cc1sc(C#N)c2c1C1C(C2)C1(C)C. The second-order valence-corrected chi connectivity index (χ2v) is 6.33. The van der Waals surface area contributed by atoms with Gasteiger partial charge in [0.2, 0.25) is 0 Å². The van der Waals surface area contributed by atoms with Crippen LogP contribution in [0, 0.1) is 29.6 Å². The lowest BCUT2D eigenvalue weighted by Gasteiger charge is -2.08. The van der Waals surface area contributed by atoms with Crippen molar-refractivity contribution < 1.29 is 0 Å². The summed E-state index contributed by atoms with van der Waals surface area (Å²) in [6.45, 7) is 6.88. The zero-order chi connectivity index (χ0) is 10.1. The van der Waals surface area contributed by atoms with E-state index in [4.69, 9.17) is 5.26 Å². The molecule has 0 bridgehead atoms. The molecule has 1 aromatic rings. The summed E-state index contributed by atoms with van der Waals surface area (Å²) < 4.78 is 0. The molecule has 3 rings (SSSR count). The summed E-state index contributed by atoms with van der Waals surface area (Å²) in [5.74, 6) is 1.59. The van der Waals surface area contributed by atoms with Crippen molar-refractivity contribution in [2.24, 2.45) is 11.3 Å². The Morgan fingerprint density at radius 3 is 2.86 bits per heavy atom. The van der Waals surface area contributed by atoms with E-state index in [1.165, 1.54) is 16.0 Å². The maximum absolute atomic E-state index is 9.01. The van der Waals surface area contributed by atoms with Crippen LogP contribution in [0.1, 0.15) is 40.6 Å². The summed E-state index contributed by atoms with van der Waals surface area (Å²) in [7, 11) is 0. The second-order valence-electron chi connectivity index (χ2n) is 5.10. The molecular weight excluding hydrogens is 190 g/mol. The minimum absolute atomic E-state index is 0.506. The predicted octanol–water partition coefficient (Wildman–Crippen LogP) is 3.22. The molecule has 14 heavy (non-hydrogen) atoms. The number of rotatable bonds is 0. The van der Waals surface area contributed by atoms with Gasteiger partial charge in [0, 0.05) is 4.88 Å².